The van der Waals surface area contributed by atoms with E-state index in [0.29, 0.717) is 22.7 Å². The summed E-state index contributed by atoms with van der Waals surface area (Å²) in [5.74, 6) is -1.26. The monoisotopic (exact) mass is 406 g/mol. The third-order valence-electron chi connectivity index (χ3n) is 5.44. The van der Waals surface area contributed by atoms with E-state index in [1.54, 1.807) is 42.6 Å². The minimum absolute atomic E-state index is 0.00721. The van der Waals surface area contributed by atoms with Crippen LogP contribution in [-0.2, 0) is 9.59 Å². The van der Waals surface area contributed by atoms with Crippen LogP contribution < -0.4 is 4.90 Å². The van der Waals surface area contributed by atoms with Crippen LogP contribution in [0, 0.1) is 5.92 Å². The van der Waals surface area contributed by atoms with Gasteiger partial charge in [-0.25, -0.2) is 9.80 Å². The molecule has 0 unspecified atom stereocenters. The lowest BCUT2D eigenvalue weighted by Gasteiger charge is -2.26. The van der Waals surface area contributed by atoms with Gasteiger partial charge in [0.1, 0.15) is 12.3 Å². The molecule has 2 aromatic rings. The number of amides is 2. The highest BCUT2D eigenvalue weighted by molar-refractivity contribution is 6.18. The van der Waals surface area contributed by atoms with Crippen LogP contribution >= 0.6 is 0 Å². The predicted octanol–water partition coefficient (Wildman–Crippen LogP) is 2.92. The maximum Gasteiger partial charge on any atom is 0.345 e. The molecule has 154 valence electrons. The number of carbonyl (C=O) groups is 3. The van der Waals surface area contributed by atoms with Crippen molar-refractivity contribution in [2.24, 2.45) is 11.0 Å². The molecule has 2 aliphatic rings. The first kappa shape index (κ1) is 19.8. The van der Waals surface area contributed by atoms with Crippen molar-refractivity contribution >= 4 is 29.2 Å². The Morgan fingerprint density at radius 3 is 2.47 bits per heavy atom. The van der Waals surface area contributed by atoms with Gasteiger partial charge in [-0.1, -0.05) is 37.1 Å². The zero-order chi connectivity index (χ0) is 21.1. The van der Waals surface area contributed by atoms with Gasteiger partial charge in [-0.3, -0.25) is 19.5 Å². The molecule has 1 aliphatic heterocycles. The summed E-state index contributed by atoms with van der Waals surface area (Å²) in [5, 5.41) is 14.6. The lowest BCUT2D eigenvalue weighted by Crippen LogP contribution is -2.45. The molecule has 4 rings (SSSR count). The van der Waals surface area contributed by atoms with Crippen LogP contribution in [-0.4, -0.2) is 51.7 Å². The SMILES string of the molecule is O=C(O)CN1N=C(c2ccccn2)c2ccccc2N(CC(=O)C2CCCC2)C1=O. The lowest BCUT2D eigenvalue weighted by molar-refractivity contribution is -0.137. The molecular weight excluding hydrogens is 384 g/mol. The molecule has 2 heterocycles. The van der Waals surface area contributed by atoms with Crippen LogP contribution in [0.1, 0.15) is 36.9 Å². The van der Waals surface area contributed by atoms with E-state index in [1.165, 1.54) is 4.90 Å². The number of aliphatic carboxylic acids is 1. The molecule has 0 bridgehead atoms. The number of pyridine rings is 1. The summed E-state index contributed by atoms with van der Waals surface area (Å²) in [6.07, 6.45) is 5.29. The van der Waals surface area contributed by atoms with Gasteiger partial charge < -0.3 is 5.11 Å². The predicted molar refractivity (Wildman–Crippen MR) is 110 cm³/mol. The Labute approximate surface area is 173 Å². The molecule has 0 spiro atoms. The van der Waals surface area contributed by atoms with Crippen molar-refractivity contribution in [3.05, 3.63) is 59.9 Å². The number of para-hydroxylation sites is 1. The van der Waals surface area contributed by atoms with Gasteiger partial charge in [-0.15, -0.1) is 0 Å². The van der Waals surface area contributed by atoms with Crippen molar-refractivity contribution in [1.29, 1.82) is 0 Å². The number of hydrazone groups is 1. The van der Waals surface area contributed by atoms with Crippen LogP contribution in [0.5, 0.6) is 0 Å². The van der Waals surface area contributed by atoms with Crippen molar-refractivity contribution in [3.8, 4) is 0 Å². The van der Waals surface area contributed by atoms with Crippen LogP contribution in [0.2, 0.25) is 0 Å². The molecule has 8 nitrogen and oxygen atoms in total. The van der Waals surface area contributed by atoms with E-state index in [9.17, 15) is 19.5 Å². The molecule has 1 fully saturated rings. The van der Waals surface area contributed by atoms with E-state index < -0.39 is 18.5 Å². The second-order valence-electron chi connectivity index (χ2n) is 7.45. The smallest absolute Gasteiger partial charge is 0.345 e. The van der Waals surface area contributed by atoms with Crippen molar-refractivity contribution < 1.29 is 19.5 Å². The molecule has 1 saturated carbocycles. The maximum absolute atomic E-state index is 13.3. The van der Waals surface area contributed by atoms with Crippen LogP contribution in [0.15, 0.2) is 53.8 Å². The molecular formula is C22H22N4O4. The quantitative estimate of drug-likeness (QED) is 0.794. The Hall–Kier alpha value is -3.55. The number of hydrogen-bond donors (Lipinski definition) is 1. The Morgan fingerprint density at radius 1 is 1.03 bits per heavy atom. The van der Waals surface area contributed by atoms with Gasteiger partial charge >= 0.3 is 12.0 Å². The van der Waals surface area contributed by atoms with Crippen molar-refractivity contribution in [2.45, 2.75) is 25.7 Å². The maximum atomic E-state index is 13.3. The molecule has 0 atom stereocenters. The number of anilines is 1. The van der Waals surface area contributed by atoms with E-state index in [1.807, 2.05) is 6.07 Å². The summed E-state index contributed by atoms with van der Waals surface area (Å²) in [6.45, 7) is -0.723. The van der Waals surface area contributed by atoms with Crippen LogP contribution in [0.25, 0.3) is 0 Å². The topological polar surface area (TPSA) is 103 Å². The summed E-state index contributed by atoms with van der Waals surface area (Å²) in [6, 6.07) is 11.8. The number of carbonyl (C=O) groups excluding carboxylic acids is 2. The first-order chi connectivity index (χ1) is 14.5. The van der Waals surface area contributed by atoms with Crippen LogP contribution in [0.4, 0.5) is 10.5 Å². The average Bonchev–Trinajstić information content (AvgIpc) is 3.27. The number of Topliss-reactive ketones (excluding diaryl/α,β-unsaturated/α-hetero) is 1. The van der Waals surface area contributed by atoms with E-state index in [2.05, 4.69) is 10.1 Å². The molecule has 0 radical (unpaired) electrons. The highest BCUT2D eigenvalue weighted by Gasteiger charge is 2.34. The zero-order valence-corrected chi connectivity index (χ0v) is 16.4. The van der Waals surface area contributed by atoms with E-state index in [4.69, 9.17) is 0 Å². The van der Waals surface area contributed by atoms with Gasteiger partial charge in [0, 0.05) is 17.7 Å². The lowest BCUT2D eigenvalue weighted by atomic mass is 10.0. The number of carboxylic acids is 1. The van der Waals surface area contributed by atoms with Gasteiger partial charge in [0.05, 0.1) is 17.9 Å². The molecule has 1 N–H and O–H groups in total. The molecule has 2 amide bonds. The standard InChI is InChI=1S/C22H22N4O4/c27-19(15-7-1-2-8-15)13-25-18-11-4-3-9-16(18)21(17-10-5-6-12-23-17)24-26(22(25)30)14-20(28)29/h3-6,9-12,15H,1-2,7-8,13-14H2,(H,28,29). The number of rotatable bonds is 6. The Balaban J connectivity index is 1.79. The normalized spacial score (nSPS) is 16.8. The minimum Gasteiger partial charge on any atom is -0.480 e. The Bertz CT molecular complexity index is 999. The summed E-state index contributed by atoms with van der Waals surface area (Å²) >= 11 is 0. The van der Waals surface area contributed by atoms with Gasteiger partial charge in [-0.2, -0.15) is 5.10 Å². The summed E-state index contributed by atoms with van der Waals surface area (Å²) < 4.78 is 0. The highest BCUT2D eigenvalue weighted by atomic mass is 16.4. The Kier molecular flexibility index (Phi) is 5.56. The first-order valence-electron chi connectivity index (χ1n) is 9.97. The van der Waals surface area contributed by atoms with E-state index in [-0.39, 0.29) is 18.2 Å². The molecule has 1 aromatic carbocycles. The van der Waals surface area contributed by atoms with Gasteiger partial charge in [0.15, 0.2) is 5.78 Å². The minimum atomic E-state index is -1.19. The van der Waals surface area contributed by atoms with Gasteiger partial charge in [-0.05, 0) is 31.0 Å². The van der Waals surface area contributed by atoms with Crippen LogP contribution in [0.3, 0.4) is 0 Å². The van der Waals surface area contributed by atoms with E-state index >= 15 is 0 Å². The highest BCUT2D eigenvalue weighted by Crippen LogP contribution is 2.30. The number of fused-ring (bicyclic) bond motifs is 1. The zero-order valence-electron chi connectivity index (χ0n) is 16.4. The number of benzene rings is 1. The molecule has 8 heteroatoms. The third kappa shape index (κ3) is 3.94. The van der Waals surface area contributed by atoms with Crippen molar-refractivity contribution in [1.82, 2.24) is 9.99 Å². The number of urea groups is 1. The largest absolute Gasteiger partial charge is 0.480 e. The van der Waals surface area contributed by atoms with Gasteiger partial charge in [0.25, 0.3) is 0 Å². The summed E-state index contributed by atoms with van der Waals surface area (Å²) in [7, 11) is 0. The number of aromatic nitrogens is 1. The number of carboxylic acid groups (broad SMARTS) is 1. The Morgan fingerprint density at radius 2 is 1.77 bits per heavy atom. The number of nitrogens with zero attached hydrogens (tertiary/aromatic N) is 4. The second kappa shape index (κ2) is 8.44. The molecule has 1 aromatic heterocycles. The summed E-state index contributed by atoms with van der Waals surface area (Å²) in [5.41, 5.74) is 2.04. The fraction of sp³-hybridized carbons (Fsp3) is 0.318. The molecule has 0 saturated heterocycles. The van der Waals surface area contributed by atoms with Gasteiger partial charge in [0.2, 0.25) is 0 Å². The second-order valence-corrected chi connectivity index (χ2v) is 7.45. The van der Waals surface area contributed by atoms with Crippen molar-refractivity contribution in [3.63, 3.8) is 0 Å². The van der Waals surface area contributed by atoms with E-state index in [0.717, 1.165) is 30.7 Å². The number of hydrogen-bond acceptors (Lipinski definition) is 5. The first-order valence-corrected chi connectivity index (χ1v) is 9.97. The molecule has 1 aliphatic carbocycles. The average molecular weight is 406 g/mol. The third-order valence-corrected chi connectivity index (χ3v) is 5.44. The van der Waals surface area contributed by atoms with Crippen molar-refractivity contribution in [2.75, 3.05) is 18.0 Å². The fourth-order valence-electron chi connectivity index (χ4n) is 3.98. The fourth-order valence-corrected chi connectivity index (χ4v) is 3.98. The molecule has 30 heavy (non-hydrogen) atoms. The summed E-state index contributed by atoms with van der Waals surface area (Å²) in [4.78, 5) is 43.3. The number of ketones is 1.